The summed E-state index contributed by atoms with van der Waals surface area (Å²) in [6.45, 7) is 6.36. The predicted octanol–water partition coefficient (Wildman–Crippen LogP) is 5.06. The number of hydrogen-bond acceptors (Lipinski definition) is 6. The van der Waals surface area contributed by atoms with Crippen LogP contribution in [0.15, 0.2) is 42.6 Å². The molecule has 2 aromatic heterocycles. The third-order valence-corrected chi connectivity index (χ3v) is 6.93. The van der Waals surface area contributed by atoms with E-state index in [0.29, 0.717) is 32.6 Å². The minimum absolute atomic E-state index is 0.0840. The Kier molecular flexibility index (Phi) is 6.09. The molecule has 37 heavy (non-hydrogen) atoms. The smallest absolute Gasteiger partial charge is 0.371 e. The molecule has 0 saturated carbocycles. The summed E-state index contributed by atoms with van der Waals surface area (Å²) in [6, 6.07) is 8.32. The summed E-state index contributed by atoms with van der Waals surface area (Å²) >= 11 is 0. The highest BCUT2D eigenvalue weighted by Gasteiger charge is 2.39. The first kappa shape index (κ1) is 24.7. The van der Waals surface area contributed by atoms with Gasteiger partial charge in [0.2, 0.25) is 5.91 Å². The van der Waals surface area contributed by atoms with Crippen LogP contribution < -0.4 is 4.90 Å². The Bertz CT molecular complexity index is 1400. The lowest BCUT2D eigenvalue weighted by molar-refractivity contribution is -0.388. The van der Waals surface area contributed by atoms with E-state index in [0.717, 1.165) is 40.3 Å². The first-order valence-electron chi connectivity index (χ1n) is 11.8. The maximum Gasteiger partial charge on any atom is 0.423 e. The second kappa shape index (κ2) is 9.13. The molecule has 0 radical (unpaired) electrons. The number of pyridine rings is 2. The van der Waals surface area contributed by atoms with Crippen LogP contribution in [0.2, 0.25) is 0 Å². The van der Waals surface area contributed by atoms with E-state index < -0.39 is 22.4 Å². The zero-order valence-electron chi connectivity index (χ0n) is 20.2. The normalized spacial score (nSPS) is 15.5. The van der Waals surface area contributed by atoms with Crippen molar-refractivity contribution in [3.8, 4) is 11.3 Å². The summed E-state index contributed by atoms with van der Waals surface area (Å²) in [5.74, 6) is 0.250. The molecule has 4 heterocycles. The van der Waals surface area contributed by atoms with Crippen molar-refractivity contribution in [3.63, 3.8) is 0 Å². The van der Waals surface area contributed by atoms with Gasteiger partial charge in [0.1, 0.15) is 5.56 Å². The molecule has 11 heteroatoms. The average molecular weight is 512 g/mol. The summed E-state index contributed by atoms with van der Waals surface area (Å²) in [7, 11) is 0. The standard InChI is InChI=1S/C26H24F3N5O3/c1-15-7-16(2)31-23-14-33(13-20(15)23)25(35)8-17-11-32(12-17)19-5-6-30-22(10-19)18-3-4-24(34(36)37)21(9-18)26(27,28)29/h3-7,9-10,17H,8,11-14H2,1-2H3. The molecule has 1 aromatic carbocycles. The summed E-state index contributed by atoms with van der Waals surface area (Å²) < 4.78 is 40.1. The lowest BCUT2D eigenvalue weighted by Crippen LogP contribution is -2.48. The lowest BCUT2D eigenvalue weighted by Gasteiger charge is -2.41. The summed E-state index contributed by atoms with van der Waals surface area (Å²) in [4.78, 5) is 35.5. The number of nitro groups is 1. The topological polar surface area (TPSA) is 92.5 Å². The number of amides is 1. The fourth-order valence-corrected chi connectivity index (χ4v) is 5.03. The van der Waals surface area contributed by atoms with Crippen LogP contribution in [-0.2, 0) is 24.1 Å². The number of anilines is 1. The van der Waals surface area contributed by atoms with Gasteiger partial charge in [0.15, 0.2) is 0 Å². The molecule has 0 bridgehead atoms. The zero-order chi connectivity index (χ0) is 26.5. The van der Waals surface area contributed by atoms with Gasteiger partial charge in [0.05, 0.1) is 22.9 Å². The van der Waals surface area contributed by atoms with Crippen LogP contribution in [0.5, 0.6) is 0 Å². The molecule has 0 aliphatic carbocycles. The fourth-order valence-electron chi connectivity index (χ4n) is 5.03. The van der Waals surface area contributed by atoms with Crippen molar-refractivity contribution >= 4 is 17.3 Å². The third kappa shape index (κ3) is 4.85. The van der Waals surface area contributed by atoms with Crippen LogP contribution in [0.1, 0.15) is 34.5 Å². The molecule has 0 N–H and O–H groups in total. The third-order valence-electron chi connectivity index (χ3n) is 6.93. The van der Waals surface area contributed by atoms with Crippen molar-refractivity contribution < 1.29 is 22.9 Å². The van der Waals surface area contributed by atoms with Crippen LogP contribution in [0.3, 0.4) is 0 Å². The summed E-state index contributed by atoms with van der Waals surface area (Å²) in [5.41, 5.74) is 3.06. The van der Waals surface area contributed by atoms with E-state index >= 15 is 0 Å². The van der Waals surface area contributed by atoms with Crippen molar-refractivity contribution in [1.29, 1.82) is 0 Å². The number of alkyl halides is 3. The summed E-state index contributed by atoms with van der Waals surface area (Å²) in [6.07, 6.45) is -2.95. The first-order valence-corrected chi connectivity index (χ1v) is 11.8. The van der Waals surface area contributed by atoms with E-state index in [1.165, 1.54) is 12.3 Å². The van der Waals surface area contributed by atoms with E-state index in [1.54, 1.807) is 12.1 Å². The van der Waals surface area contributed by atoms with Crippen LogP contribution in [0.4, 0.5) is 24.5 Å². The van der Waals surface area contributed by atoms with Crippen molar-refractivity contribution in [2.75, 3.05) is 18.0 Å². The molecule has 1 amide bonds. The van der Waals surface area contributed by atoms with Gasteiger partial charge in [-0.3, -0.25) is 24.9 Å². The molecule has 3 aromatic rings. The SMILES string of the molecule is Cc1cc(C)c2c(n1)CN(C(=O)CC1CN(c3ccnc(-c4ccc([N+](=O)[O-])c(C(F)(F)F)c4)c3)C1)C2. The van der Waals surface area contributed by atoms with E-state index in [-0.39, 0.29) is 23.1 Å². The Labute approximate surface area is 210 Å². The number of nitrogens with zero attached hydrogens (tertiary/aromatic N) is 5. The molecule has 0 spiro atoms. The Morgan fingerprint density at radius 3 is 2.59 bits per heavy atom. The van der Waals surface area contributed by atoms with Crippen molar-refractivity contribution in [1.82, 2.24) is 14.9 Å². The molecule has 8 nitrogen and oxygen atoms in total. The van der Waals surface area contributed by atoms with Crippen molar-refractivity contribution in [2.45, 2.75) is 39.5 Å². The minimum Gasteiger partial charge on any atom is -0.371 e. The molecule has 2 aliphatic rings. The number of carbonyl (C=O) groups is 1. The van der Waals surface area contributed by atoms with E-state index in [1.807, 2.05) is 29.7 Å². The number of benzene rings is 1. The van der Waals surface area contributed by atoms with Crippen molar-refractivity contribution in [3.05, 3.63) is 80.8 Å². The Hall–Kier alpha value is -4.02. The van der Waals surface area contributed by atoms with Crippen LogP contribution >= 0.6 is 0 Å². The van der Waals surface area contributed by atoms with Gasteiger partial charge in [-0.05, 0) is 55.3 Å². The molecule has 2 aliphatic heterocycles. The molecule has 0 atom stereocenters. The number of fused-ring (bicyclic) bond motifs is 1. The molecular formula is C26H24F3N5O3. The number of aromatic nitrogens is 2. The van der Waals surface area contributed by atoms with Gasteiger partial charge in [0, 0.05) is 61.2 Å². The molecule has 0 unspecified atom stereocenters. The van der Waals surface area contributed by atoms with E-state index in [4.69, 9.17) is 0 Å². The average Bonchev–Trinajstić information content (AvgIpc) is 3.24. The number of halogens is 3. The molecule has 1 saturated heterocycles. The number of aryl methyl sites for hydroxylation is 2. The van der Waals surface area contributed by atoms with Gasteiger partial charge in [0.25, 0.3) is 5.69 Å². The molecule has 192 valence electrons. The Balaban J connectivity index is 1.23. The van der Waals surface area contributed by atoms with Gasteiger partial charge >= 0.3 is 6.18 Å². The van der Waals surface area contributed by atoms with Gasteiger partial charge in [-0.2, -0.15) is 13.2 Å². The zero-order valence-corrected chi connectivity index (χ0v) is 20.2. The number of carbonyl (C=O) groups excluding carboxylic acids is 1. The summed E-state index contributed by atoms with van der Waals surface area (Å²) in [5, 5.41) is 11.0. The van der Waals surface area contributed by atoms with Gasteiger partial charge < -0.3 is 9.80 Å². The van der Waals surface area contributed by atoms with Gasteiger partial charge in [-0.15, -0.1) is 0 Å². The second-order valence-corrected chi connectivity index (χ2v) is 9.62. The molecule has 1 fully saturated rings. The molecule has 5 rings (SSSR count). The second-order valence-electron chi connectivity index (χ2n) is 9.62. The number of nitro benzene ring substituents is 1. The minimum atomic E-state index is -4.86. The highest BCUT2D eigenvalue weighted by molar-refractivity contribution is 5.78. The number of rotatable bonds is 5. The lowest BCUT2D eigenvalue weighted by atomic mass is 9.94. The highest BCUT2D eigenvalue weighted by Crippen LogP contribution is 2.39. The largest absolute Gasteiger partial charge is 0.423 e. The number of hydrogen-bond donors (Lipinski definition) is 0. The Morgan fingerprint density at radius 1 is 1.14 bits per heavy atom. The van der Waals surface area contributed by atoms with Gasteiger partial charge in [-0.1, -0.05) is 0 Å². The maximum atomic E-state index is 13.4. The van der Waals surface area contributed by atoms with Gasteiger partial charge in [-0.25, -0.2) is 0 Å². The fraction of sp³-hybridized carbons (Fsp3) is 0.346. The Morgan fingerprint density at radius 2 is 1.89 bits per heavy atom. The van der Waals surface area contributed by atoms with Crippen LogP contribution in [0.25, 0.3) is 11.3 Å². The van der Waals surface area contributed by atoms with E-state index in [2.05, 4.69) is 9.97 Å². The highest BCUT2D eigenvalue weighted by atomic mass is 19.4. The van der Waals surface area contributed by atoms with Crippen LogP contribution in [0, 0.1) is 29.9 Å². The van der Waals surface area contributed by atoms with Crippen molar-refractivity contribution in [2.24, 2.45) is 5.92 Å². The van der Waals surface area contributed by atoms with E-state index in [9.17, 15) is 28.1 Å². The quantitative estimate of drug-likeness (QED) is 0.351. The first-order chi connectivity index (χ1) is 17.5. The predicted molar refractivity (Wildman–Crippen MR) is 130 cm³/mol. The maximum absolute atomic E-state index is 13.4. The molecular weight excluding hydrogens is 487 g/mol. The van der Waals surface area contributed by atoms with Crippen LogP contribution in [-0.4, -0.2) is 38.8 Å². The monoisotopic (exact) mass is 511 g/mol.